The average Bonchev–Trinajstić information content (AvgIpc) is 3.04. The molecule has 2 saturated heterocycles. The van der Waals surface area contributed by atoms with Crippen LogP contribution in [-0.2, 0) is 0 Å². The van der Waals surface area contributed by atoms with Crippen LogP contribution in [0.2, 0.25) is 5.02 Å². The van der Waals surface area contributed by atoms with Crippen molar-refractivity contribution in [3.8, 4) is 0 Å². The smallest absolute Gasteiger partial charge is 0.255 e. The Labute approximate surface area is 139 Å². The van der Waals surface area contributed by atoms with E-state index < -0.39 is 0 Å². The van der Waals surface area contributed by atoms with Crippen molar-refractivity contribution < 1.29 is 4.79 Å². The predicted molar refractivity (Wildman–Crippen MR) is 88.8 cm³/mol. The minimum atomic E-state index is 0.0593. The van der Waals surface area contributed by atoms with Crippen LogP contribution in [0.1, 0.15) is 36.0 Å². The molecule has 2 atom stereocenters. The summed E-state index contributed by atoms with van der Waals surface area (Å²) in [5.41, 5.74) is 0.603. The zero-order chi connectivity index (χ0) is 14.8. The maximum absolute atomic E-state index is 12.7. The molecule has 1 N–H and O–H groups in total. The summed E-state index contributed by atoms with van der Waals surface area (Å²) in [5, 5.41) is 4.09. The van der Waals surface area contributed by atoms with Gasteiger partial charge >= 0.3 is 0 Å². The van der Waals surface area contributed by atoms with Crippen molar-refractivity contribution >= 4 is 33.4 Å². The first-order valence-electron chi connectivity index (χ1n) is 7.63. The van der Waals surface area contributed by atoms with Gasteiger partial charge in [0.05, 0.1) is 10.6 Å². The molecule has 0 bridgehead atoms. The first-order valence-corrected chi connectivity index (χ1v) is 8.80. The molecule has 1 amide bonds. The molecule has 114 valence electrons. The van der Waals surface area contributed by atoms with E-state index in [1.54, 1.807) is 0 Å². The second kappa shape index (κ2) is 6.67. The van der Waals surface area contributed by atoms with Crippen LogP contribution in [0.15, 0.2) is 22.7 Å². The number of carbonyl (C=O) groups excluding carboxylic acids is 1. The van der Waals surface area contributed by atoms with Crippen LogP contribution < -0.4 is 5.32 Å². The predicted octanol–water partition coefficient (Wildman–Crippen LogP) is 3.71. The SMILES string of the molecule is O=C(c1cccc(Br)c1Cl)N1CCCC(C2CCCN2)C1. The van der Waals surface area contributed by atoms with Crippen molar-refractivity contribution in [1.82, 2.24) is 10.2 Å². The monoisotopic (exact) mass is 370 g/mol. The summed E-state index contributed by atoms with van der Waals surface area (Å²) in [6.45, 7) is 2.80. The van der Waals surface area contributed by atoms with Gasteiger partial charge in [-0.25, -0.2) is 0 Å². The summed E-state index contributed by atoms with van der Waals surface area (Å²) in [5.74, 6) is 0.639. The number of nitrogens with zero attached hydrogens (tertiary/aromatic N) is 1. The van der Waals surface area contributed by atoms with Gasteiger partial charge in [-0.05, 0) is 66.2 Å². The van der Waals surface area contributed by atoms with Crippen LogP contribution in [0.4, 0.5) is 0 Å². The second-order valence-electron chi connectivity index (χ2n) is 5.96. The van der Waals surface area contributed by atoms with Crippen LogP contribution in [0.3, 0.4) is 0 Å². The Balaban J connectivity index is 1.73. The molecule has 0 aliphatic carbocycles. The molecule has 3 rings (SSSR count). The number of halogens is 2. The van der Waals surface area contributed by atoms with Crippen molar-refractivity contribution in [3.05, 3.63) is 33.3 Å². The highest BCUT2D eigenvalue weighted by Crippen LogP contribution is 2.30. The Hall–Kier alpha value is -0.580. The number of rotatable bonds is 2. The van der Waals surface area contributed by atoms with Crippen LogP contribution in [0, 0.1) is 5.92 Å². The van der Waals surface area contributed by atoms with E-state index in [1.165, 1.54) is 19.3 Å². The van der Waals surface area contributed by atoms with Gasteiger partial charge in [0, 0.05) is 23.6 Å². The minimum absolute atomic E-state index is 0.0593. The van der Waals surface area contributed by atoms with Gasteiger partial charge in [0.25, 0.3) is 5.91 Å². The van der Waals surface area contributed by atoms with Gasteiger partial charge in [-0.15, -0.1) is 0 Å². The zero-order valence-electron chi connectivity index (χ0n) is 11.9. The third-order valence-corrected chi connectivity index (χ3v) is 5.89. The van der Waals surface area contributed by atoms with E-state index >= 15 is 0 Å². The van der Waals surface area contributed by atoms with Gasteiger partial charge in [-0.2, -0.15) is 0 Å². The van der Waals surface area contributed by atoms with E-state index in [9.17, 15) is 4.79 Å². The molecule has 1 aromatic carbocycles. The summed E-state index contributed by atoms with van der Waals surface area (Å²) in [4.78, 5) is 14.7. The van der Waals surface area contributed by atoms with Crippen molar-refractivity contribution in [2.45, 2.75) is 31.7 Å². The first kappa shape index (κ1) is 15.3. The van der Waals surface area contributed by atoms with Gasteiger partial charge in [-0.1, -0.05) is 17.7 Å². The topological polar surface area (TPSA) is 32.3 Å². The third-order valence-electron chi connectivity index (χ3n) is 4.59. The highest BCUT2D eigenvalue weighted by atomic mass is 79.9. The van der Waals surface area contributed by atoms with E-state index in [0.717, 1.165) is 30.5 Å². The molecule has 0 aromatic heterocycles. The van der Waals surface area contributed by atoms with Crippen LogP contribution in [-0.4, -0.2) is 36.5 Å². The molecule has 3 nitrogen and oxygen atoms in total. The molecular formula is C16H20BrClN2O. The van der Waals surface area contributed by atoms with Gasteiger partial charge in [-0.3, -0.25) is 4.79 Å². The average molecular weight is 372 g/mol. The number of hydrogen-bond donors (Lipinski definition) is 1. The van der Waals surface area contributed by atoms with Gasteiger partial charge in [0.2, 0.25) is 0 Å². The Kier molecular flexibility index (Phi) is 4.87. The molecule has 2 fully saturated rings. The lowest BCUT2D eigenvalue weighted by Gasteiger charge is -2.36. The molecule has 1 aromatic rings. The molecule has 21 heavy (non-hydrogen) atoms. The van der Waals surface area contributed by atoms with E-state index in [0.29, 0.717) is 22.5 Å². The summed E-state index contributed by atoms with van der Waals surface area (Å²) in [7, 11) is 0. The first-order chi connectivity index (χ1) is 10.2. The van der Waals surface area contributed by atoms with Gasteiger partial charge in [0.1, 0.15) is 0 Å². The summed E-state index contributed by atoms with van der Waals surface area (Å²) in [6.07, 6.45) is 4.80. The number of amides is 1. The van der Waals surface area contributed by atoms with Crippen molar-refractivity contribution in [2.75, 3.05) is 19.6 Å². The number of piperidine rings is 1. The number of likely N-dealkylation sites (tertiary alicyclic amines) is 1. The quantitative estimate of drug-likeness (QED) is 0.859. The molecule has 2 heterocycles. The fourth-order valence-corrected chi connectivity index (χ4v) is 4.05. The van der Waals surface area contributed by atoms with Crippen molar-refractivity contribution in [1.29, 1.82) is 0 Å². The molecule has 0 radical (unpaired) electrons. The normalized spacial score (nSPS) is 26.1. The summed E-state index contributed by atoms with van der Waals surface area (Å²) < 4.78 is 0.779. The number of carbonyl (C=O) groups is 1. The molecule has 2 aliphatic rings. The molecular weight excluding hydrogens is 352 g/mol. The highest BCUT2D eigenvalue weighted by Gasteiger charge is 2.31. The number of nitrogens with one attached hydrogen (secondary N) is 1. The van der Waals surface area contributed by atoms with Crippen molar-refractivity contribution in [3.63, 3.8) is 0 Å². The Morgan fingerprint density at radius 3 is 2.95 bits per heavy atom. The van der Waals surface area contributed by atoms with Crippen LogP contribution in [0.5, 0.6) is 0 Å². The van der Waals surface area contributed by atoms with E-state index in [1.807, 2.05) is 23.1 Å². The molecule has 2 unspecified atom stereocenters. The zero-order valence-corrected chi connectivity index (χ0v) is 14.3. The number of hydrogen-bond acceptors (Lipinski definition) is 2. The fraction of sp³-hybridized carbons (Fsp3) is 0.562. The Morgan fingerprint density at radius 2 is 2.19 bits per heavy atom. The lowest BCUT2D eigenvalue weighted by Crippen LogP contribution is -2.45. The van der Waals surface area contributed by atoms with E-state index in [4.69, 9.17) is 11.6 Å². The lowest BCUT2D eigenvalue weighted by atomic mass is 9.89. The van der Waals surface area contributed by atoms with Gasteiger partial charge in [0.15, 0.2) is 0 Å². The standard InChI is InChI=1S/C16H20BrClN2O/c17-13-6-1-5-12(15(13)18)16(21)20-9-3-4-11(10-20)14-7-2-8-19-14/h1,5-6,11,14,19H,2-4,7-10H2. The highest BCUT2D eigenvalue weighted by molar-refractivity contribution is 9.10. The maximum atomic E-state index is 12.7. The Bertz CT molecular complexity index is 531. The van der Waals surface area contributed by atoms with E-state index in [2.05, 4.69) is 21.2 Å². The molecule has 0 saturated carbocycles. The number of benzene rings is 1. The third kappa shape index (κ3) is 3.27. The van der Waals surface area contributed by atoms with Crippen LogP contribution in [0.25, 0.3) is 0 Å². The van der Waals surface area contributed by atoms with Crippen molar-refractivity contribution in [2.24, 2.45) is 5.92 Å². The van der Waals surface area contributed by atoms with Gasteiger partial charge < -0.3 is 10.2 Å². The summed E-state index contributed by atoms with van der Waals surface area (Å²) in [6, 6.07) is 6.12. The molecule has 0 spiro atoms. The maximum Gasteiger partial charge on any atom is 0.255 e. The summed E-state index contributed by atoms with van der Waals surface area (Å²) >= 11 is 9.66. The van der Waals surface area contributed by atoms with E-state index in [-0.39, 0.29) is 5.91 Å². The molecule has 5 heteroatoms. The largest absolute Gasteiger partial charge is 0.338 e. The second-order valence-corrected chi connectivity index (χ2v) is 7.19. The minimum Gasteiger partial charge on any atom is -0.338 e. The Morgan fingerprint density at radius 1 is 1.33 bits per heavy atom. The fourth-order valence-electron chi connectivity index (χ4n) is 3.48. The molecule has 2 aliphatic heterocycles. The van der Waals surface area contributed by atoms with Crippen LogP contribution >= 0.6 is 27.5 Å². The lowest BCUT2D eigenvalue weighted by molar-refractivity contribution is 0.0651.